The van der Waals surface area contributed by atoms with Gasteiger partial charge in [0, 0.05) is 6.54 Å². The summed E-state index contributed by atoms with van der Waals surface area (Å²) >= 11 is 0. The summed E-state index contributed by atoms with van der Waals surface area (Å²) in [4.78, 5) is 25.1. The van der Waals surface area contributed by atoms with Crippen molar-refractivity contribution in [3.8, 4) is 11.5 Å². The van der Waals surface area contributed by atoms with Crippen molar-refractivity contribution in [1.29, 1.82) is 0 Å². The second-order valence-electron chi connectivity index (χ2n) is 4.56. The highest BCUT2D eigenvalue weighted by Gasteiger charge is 2.35. The largest absolute Gasteiger partial charge is 0.497 e. The summed E-state index contributed by atoms with van der Waals surface area (Å²) in [6, 6.07) is 4.13. The molecule has 1 aliphatic rings. The molecule has 0 aliphatic carbocycles. The quantitative estimate of drug-likeness (QED) is 0.901. The van der Waals surface area contributed by atoms with Gasteiger partial charge in [0.1, 0.15) is 17.5 Å². The van der Waals surface area contributed by atoms with Crippen LogP contribution in [0.15, 0.2) is 18.2 Å². The summed E-state index contributed by atoms with van der Waals surface area (Å²) in [5.74, 6) is -0.379. The topological polar surface area (TPSA) is 76.1 Å². The number of likely N-dealkylation sites (tertiary alicyclic amines) is 1. The van der Waals surface area contributed by atoms with Crippen LogP contribution in [0.1, 0.15) is 23.2 Å². The Kier molecular flexibility index (Phi) is 4.12. The van der Waals surface area contributed by atoms with Gasteiger partial charge >= 0.3 is 5.97 Å². The number of carbonyl (C=O) groups is 2. The molecule has 20 heavy (non-hydrogen) atoms. The Bertz CT molecular complexity index is 528. The van der Waals surface area contributed by atoms with Gasteiger partial charge in [-0.25, -0.2) is 4.79 Å². The fourth-order valence-corrected chi connectivity index (χ4v) is 2.40. The van der Waals surface area contributed by atoms with Gasteiger partial charge in [0.25, 0.3) is 5.91 Å². The SMILES string of the molecule is COc1ccc(OC)c(C(=O)N2CCC[C@@H]2C(=O)O)c1. The number of ether oxygens (including phenoxy) is 2. The van der Waals surface area contributed by atoms with Gasteiger partial charge in [-0.15, -0.1) is 0 Å². The average Bonchev–Trinajstić information content (AvgIpc) is 2.95. The number of hydrogen-bond donors (Lipinski definition) is 1. The van der Waals surface area contributed by atoms with Crippen LogP contribution in [0.2, 0.25) is 0 Å². The molecule has 1 N–H and O–H groups in total. The lowest BCUT2D eigenvalue weighted by Gasteiger charge is -2.22. The Morgan fingerprint density at radius 1 is 1.30 bits per heavy atom. The number of rotatable bonds is 4. The fourth-order valence-electron chi connectivity index (χ4n) is 2.40. The number of carbonyl (C=O) groups excluding carboxylic acids is 1. The highest BCUT2D eigenvalue weighted by Crippen LogP contribution is 2.28. The summed E-state index contributed by atoms with van der Waals surface area (Å²) in [5.41, 5.74) is 0.319. The van der Waals surface area contributed by atoms with Crippen molar-refractivity contribution in [3.63, 3.8) is 0 Å². The number of methoxy groups -OCH3 is 2. The smallest absolute Gasteiger partial charge is 0.326 e. The Hall–Kier alpha value is -2.24. The van der Waals surface area contributed by atoms with Gasteiger partial charge in [0.05, 0.1) is 19.8 Å². The van der Waals surface area contributed by atoms with Crippen LogP contribution >= 0.6 is 0 Å². The first-order chi connectivity index (χ1) is 9.58. The highest BCUT2D eigenvalue weighted by molar-refractivity contribution is 5.99. The zero-order chi connectivity index (χ0) is 14.7. The molecular weight excluding hydrogens is 262 g/mol. The number of amides is 1. The number of hydrogen-bond acceptors (Lipinski definition) is 4. The van der Waals surface area contributed by atoms with Gasteiger partial charge in [0.15, 0.2) is 0 Å². The van der Waals surface area contributed by atoms with Crippen molar-refractivity contribution in [2.24, 2.45) is 0 Å². The molecule has 0 spiro atoms. The van der Waals surface area contributed by atoms with Crippen molar-refractivity contribution >= 4 is 11.9 Å². The molecule has 6 nitrogen and oxygen atoms in total. The predicted molar refractivity (Wildman–Crippen MR) is 71.2 cm³/mol. The Balaban J connectivity index is 2.34. The summed E-state index contributed by atoms with van der Waals surface area (Å²) < 4.78 is 10.3. The molecule has 0 bridgehead atoms. The minimum atomic E-state index is -0.974. The van der Waals surface area contributed by atoms with Crippen LogP contribution < -0.4 is 9.47 Å². The maximum atomic E-state index is 12.5. The molecule has 0 saturated carbocycles. The number of aliphatic carboxylic acids is 1. The molecule has 0 unspecified atom stereocenters. The second-order valence-corrected chi connectivity index (χ2v) is 4.56. The van der Waals surface area contributed by atoms with Crippen molar-refractivity contribution in [2.45, 2.75) is 18.9 Å². The summed E-state index contributed by atoms with van der Waals surface area (Å²) in [6.07, 6.45) is 1.17. The minimum absolute atomic E-state index is 0.319. The van der Waals surface area contributed by atoms with Gasteiger partial charge in [0.2, 0.25) is 0 Å². The van der Waals surface area contributed by atoms with Gasteiger partial charge in [-0.05, 0) is 31.0 Å². The van der Waals surface area contributed by atoms with E-state index in [9.17, 15) is 9.59 Å². The first-order valence-corrected chi connectivity index (χ1v) is 6.34. The average molecular weight is 279 g/mol. The van der Waals surface area contributed by atoms with Gasteiger partial charge in [-0.1, -0.05) is 0 Å². The molecule has 1 heterocycles. The second kappa shape index (κ2) is 5.81. The van der Waals surface area contributed by atoms with Crippen molar-refractivity contribution in [3.05, 3.63) is 23.8 Å². The number of benzene rings is 1. The maximum Gasteiger partial charge on any atom is 0.326 e. The highest BCUT2D eigenvalue weighted by atomic mass is 16.5. The zero-order valence-corrected chi connectivity index (χ0v) is 11.5. The van der Waals surface area contributed by atoms with Gasteiger partial charge in [-0.3, -0.25) is 4.79 Å². The molecule has 6 heteroatoms. The van der Waals surface area contributed by atoms with Crippen LogP contribution in [0, 0.1) is 0 Å². The Labute approximate surface area is 116 Å². The lowest BCUT2D eigenvalue weighted by atomic mass is 10.1. The molecule has 1 aromatic carbocycles. The molecule has 1 fully saturated rings. The Morgan fingerprint density at radius 2 is 2.05 bits per heavy atom. The van der Waals surface area contributed by atoms with E-state index in [1.54, 1.807) is 18.2 Å². The first-order valence-electron chi connectivity index (χ1n) is 6.34. The number of nitrogens with zero attached hydrogens (tertiary/aromatic N) is 1. The molecule has 1 saturated heterocycles. The van der Waals surface area contributed by atoms with Crippen LogP contribution in [0.3, 0.4) is 0 Å². The van der Waals surface area contributed by atoms with Gasteiger partial charge in [-0.2, -0.15) is 0 Å². The maximum absolute atomic E-state index is 12.5. The van der Waals surface area contributed by atoms with E-state index >= 15 is 0 Å². The van der Waals surface area contributed by atoms with E-state index in [0.717, 1.165) is 0 Å². The lowest BCUT2D eigenvalue weighted by Crippen LogP contribution is -2.40. The third kappa shape index (κ3) is 2.54. The molecule has 1 atom stereocenters. The normalized spacial score (nSPS) is 17.9. The Morgan fingerprint density at radius 3 is 2.65 bits per heavy atom. The molecule has 1 aromatic rings. The van der Waals surface area contributed by atoms with Crippen LogP contribution in [0.5, 0.6) is 11.5 Å². The molecule has 108 valence electrons. The predicted octanol–water partition coefficient (Wildman–Crippen LogP) is 1.39. The molecule has 2 rings (SSSR count). The third-order valence-electron chi connectivity index (χ3n) is 3.44. The van der Waals surface area contributed by atoms with E-state index in [-0.39, 0.29) is 5.91 Å². The molecule has 0 aromatic heterocycles. The van der Waals surface area contributed by atoms with E-state index in [1.165, 1.54) is 19.1 Å². The lowest BCUT2D eigenvalue weighted by molar-refractivity contribution is -0.141. The summed E-state index contributed by atoms with van der Waals surface area (Å²) in [5, 5.41) is 9.16. The van der Waals surface area contributed by atoms with E-state index in [1.807, 2.05) is 0 Å². The van der Waals surface area contributed by atoms with E-state index < -0.39 is 12.0 Å². The summed E-state index contributed by atoms with van der Waals surface area (Å²) in [6.45, 7) is 0.441. The monoisotopic (exact) mass is 279 g/mol. The van der Waals surface area contributed by atoms with Crippen LogP contribution in [0.25, 0.3) is 0 Å². The standard InChI is InChI=1S/C14H17NO5/c1-19-9-5-6-12(20-2)10(8-9)13(16)15-7-3-4-11(15)14(17)18/h5-6,8,11H,3-4,7H2,1-2H3,(H,17,18)/t11-/m1/s1. The van der Waals surface area contributed by atoms with E-state index in [0.29, 0.717) is 36.4 Å². The fraction of sp³-hybridized carbons (Fsp3) is 0.429. The molecule has 1 aliphatic heterocycles. The zero-order valence-electron chi connectivity index (χ0n) is 11.5. The third-order valence-corrected chi connectivity index (χ3v) is 3.44. The van der Waals surface area contributed by atoms with Crippen LogP contribution in [-0.4, -0.2) is 48.7 Å². The van der Waals surface area contributed by atoms with Crippen LogP contribution in [-0.2, 0) is 4.79 Å². The minimum Gasteiger partial charge on any atom is -0.497 e. The summed E-state index contributed by atoms with van der Waals surface area (Å²) in [7, 11) is 2.98. The number of carboxylic acid groups (broad SMARTS) is 1. The molecule has 0 radical (unpaired) electrons. The molecular formula is C14H17NO5. The van der Waals surface area contributed by atoms with Crippen LogP contribution in [0.4, 0.5) is 0 Å². The van der Waals surface area contributed by atoms with Gasteiger partial charge < -0.3 is 19.5 Å². The first kappa shape index (κ1) is 14.2. The van der Waals surface area contributed by atoms with Crippen molar-refractivity contribution < 1.29 is 24.2 Å². The van der Waals surface area contributed by atoms with Crippen molar-refractivity contribution in [2.75, 3.05) is 20.8 Å². The van der Waals surface area contributed by atoms with Crippen molar-refractivity contribution in [1.82, 2.24) is 4.90 Å². The van der Waals surface area contributed by atoms with E-state index in [2.05, 4.69) is 0 Å². The number of carboxylic acids is 1. The molecule has 1 amide bonds. The van der Waals surface area contributed by atoms with E-state index in [4.69, 9.17) is 14.6 Å².